The molecule has 0 spiro atoms. The minimum absolute atomic E-state index is 0.174. The Morgan fingerprint density at radius 2 is 1.84 bits per heavy atom. The molecule has 0 aliphatic heterocycles. The van der Waals surface area contributed by atoms with Crippen LogP contribution in [0.15, 0.2) is 4.99 Å². The zero-order valence-electron chi connectivity index (χ0n) is 13.1. The third-order valence-corrected chi connectivity index (χ3v) is 3.05. The molecule has 5 heteroatoms. The van der Waals surface area contributed by atoms with E-state index in [1.54, 1.807) is 0 Å². The van der Waals surface area contributed by atoms with Crippen molar-refractivity contribution in [2.45, 2.75) is 53.5 Å². The van der Waals surface area contributed by atoms with Crippen molar-refractivity contribution < 1.29 is 4.79 Å². The van der Waals surface area contributed by atoms with Crippen molar-refractivity contribution in [3.63, 3.8) is 0 Å². The first-order valence-corrected chi connectivity index (χ1v) is 7.41. The van der Waals surface area contributed by atoms with Gasteiger partial charge in [0.25, 0.3) is 0 Å². The molecule has 0 saturated carbocycles. The summed E-state index contributed by atoms with van der Waals surface area (Å²) >= 11 is 0. The van der Waals surface area contributed by atoms with Crippen LogP contribution in [0.5, 0.6) is 0 Å². The first kappa shape index (κ1) is 17.7. The lowest BCUT2D eigenvalue weighted by atomic mass is 10.3. The van der Waals surface area contributed by atoms with Gasteiger partial charge in [-0.25, -0.2) is 0 Å². The molecule has 0 fully saturated rings. The average Bonchev–Trinajstić information content (AvgIpc) is 2.40. The summed E-state index contributed by atoms with van der Waals surface area (Å²) in [6.45, 7) is 13.2. The van der Waals surface area contributed by atoms with Gasteiger partial charge in [0.05, 0.1) is 6.54 Å². The second kappa shape index (κ2) is 10.6. The largest absolute Gasteiger partial charge is 0.357 e. The number of amides is 1. The first-order valence-electron chi connectivity index (χ1n) is 7.41. The van der Waals surface area contributed by atoms with Gasteiger partial charge in [0.15, 0.2) is 5.96 Å². The molecule has 0 aromatic carbocycles. The fourth-order valence-electron chi connectivity index (χ4n) is 1.65. The number of rotatable bonds is 8. The Balaban J connectivity index is 4.26. The van der Waals surface area contributed by atoms with E-state index >= 15 is 0 Å². The number of nitrogens with one attached hydrogen (secondary N) is 2. The molecular weight excluding hydrogens is 240 g/mol. The Bertz CT molecular complexity index is 275. The van der Waals surface area contributed by atoms with Gasteiger partial charge in [0, 0.05) is 32.1 Å². The number of nitrogens with zero attached hydrogens (tertiary/aromatic N) is 2. The molecular formula is C14H30N4O. The van der Waals surface area contributed by atoms with E-state index in [0.29, 0.717) is 19.0 Å². The Labute approximate surface area is 117 Å². The smallest absolute Gasteiger partial charge is 0.224 e. The van der Waals surface area contributed by atoms with E-state index in [1.807, 2.05) is 25.7 Å². The van der Waals surface area contributed by atoms with Crippen molar-refractivity contribution in [2.24, 2.45) is 4.99 Å². The van der Waals surface area contributed by atoms with Crippen molar-refractivity contribution in [1.82, 2.24) is 15.5 Å². The van der Waals surface area contributed by atoms with Crippen LogP contribution in [0.1, 0.15) is 47.5 Å². The second-order valence-electron chi connectivity index (χ2n) is 4.53. The lowest BCUT2D eigenvalue weighted by molar-refractivity contribution is -0.130. The summed E-state index contributed by atoms with van der Waals surface area (Å²) in [7, 11) is 0. The standard InChI is InChI=1S/C14H30N4O/c1-6-12(5)17-14(15-7-2)16-11-10-13(19)18(8-3)9-4/h12H,6-11H2,1-5H3,(H2,15,16,17). The molecule has 0 radical (unpaired) electrons. The minimum atomic E-state index is 0.174. The molecule has 0 saturated heterocycles. The third-order valence-electron chi connectivity index (χ3n) is 3.05. The molecule has 0 rings (SSSR count). The van der Waals surface area contributed by atoms with E-state index in [4.69, 9.17) is 0 Å². The molecule has 5 nitrogen and oxygen atoms in total. The van der Waals surface area contributed by atoms with Crippen molar-refractivity contribution in [3.05, 3.63) is 0 Å². The van der Waals surface area contributed by atoms with Gasteiger partial charge >= 0.3 is 0 Å². The molecule has 1 unspecified atom stereocenters. The van der Waals surface area contributed by atoms with Crippen LogP contribution in [0, 0.1) is 0 Å². The number of guanidine groups is 1. The van der Waals surface area contributed by atoms with Gasteiger partial charge < -0.3 is 15.5 Å². The molecule has 112 valence electrons. The maximum Gasteiger partial charge on any atom is 0.224 e. The minimum Gasteiger partial charge on any atom is -0.357 e. The van der Waals surface area contributed by atoms with Crippen LogP contribution in [-0.4, -0.2) is 49.0 Å². The quantitative estimate of drug-likeness (QED) is 0.520. The zero-order valence-corrected chi connectivity index (χ0v) is 13.1. The number of carbonyl (C=O) groups excluding carboxylic acids is 1. The van der Waals surface area contributed by atoms with Gasteiger partial charge in [-0.2, -0.15) is 0 Å². The Morgan fingerprint density at radius 1 is 1.21 bits per heavy atom. The Hall–Kier alpha value is -1.26. The van der Waals surface area contributed by atoms with Gasteiger partial charge in [-0.05, 0) is 34.1 Å². The van der Waals surface area contributed by atoms with Crippen molar-refractivity contribution in [3.8, 4) is 0 Å². The highest BCUT2D eigenvalue weighted by Gasteiger charge is 2.09. The van der Waals surface area contributed by atoms with Crippen LogP contribution < -0.4 is 10.6 Å². The molecule has 0 aromatic heterocycles. The van der Waals surface area contributed by atoms with E-state index < -0.39 is 0 Å². The highest BCUT2D eigenvalue weighted by molar-refractivity contribution is 5.81. The van der Waals surface area contributed by atoms with Crippen molar-refractivity contribution in [1.29, 1.82) is 0 Å². The summed E-state index contributed by atoms with van der Waals surface area (Å²) in [6.07, 6.45) is 1.52. The highest BCUT2D eigenvalue weighted by atomic mass is 16.2. The zero-order chi connectivity index (χ0) is 14.7. The van der Waals surface area contributed by atoms with Gasteiger partial charge in [-0.15, -0.1) is 0 Å². The predicted molar refractivity (Wildman–Crippen MR) is 81.4 cm³/mol. The number of aliphatic imine (C=N–C) groups is 1. The lowest BCUT2D eigenvalue weighted by Gasteiger charge is -2.18. The van der Waals surface area contributed by atoms with Crippen LogP contribution in [0.4, 0.5) is 0 Å². The summed E-state index contributed by atoms with van der Waals surface area (Å²) in [4.78, 5) is 18.1. The second-order valence-corrected chi connectivity index (χ2v) is 4.53. The van der Waals surface area contributed by atoms with Gasteiger partial charge in [-0.1, -0.05) is 6.92 Å². The number of carbonyl (C=O) groups is 1. The number of hydrogen-bond donors (Lipinski definition) is 2. The summed E-state index contributed by atoms with van der Waals surface area (Å²) in [6, 6.07) is 0.385. The molecule has 0 heterocycles. The maximum atomic E-state index is 11.8. The van der Waals surface area contributed by atoms with E-state index in [2.05, 4.69) is 29.5 Å². The Kier molecular flexibility index (Phi) is 9.94. The summed E-state index contributed by atoms with van der Waals surface area (Å²) in [5, 5.41) is 6.51. The fraction of sp³-hybridized carbons (Fsp3) is 0.857. The fourth-order valence-corrected chi connectivity index (χ4v) is 1.65. The van der Waals surface area contributed by atoms with E-state index in [1.165, 1.54) is 0 Å². The van der Waals surface area contributed by atoms with Crippen LogP contribution in [-0.2, 0) is 4.79 Å². The van der Waals surface area contributed by atoms with Crippen LogP contribution in [0.25, 0.3) is 0 Å². The lowest BCUT2D eigenvalue weighted by Crippen LogP contribution is -2.42. The SMILES string of the molecule is CCNC(=NCCC(=O)N(CC)CC)NC(C)CC. The van der Waals surface area contributed by atoms with Gasteiger partial charge in [-0.3, -0.25) is 9.79 Å². The highest BCUT2D eigenvalue weighted by Crippen LogP contribution is 1.95. The Morgan fingerprint density at radius 3 is 2.32 bits per heavy atom. The molecule has 1 amide bonds. The summed E-state index contributed by atoms with van der Waals surface area (Å²) in [5.41, 5.74) is 0. The number of hydrogen-bond acceptors (Lipinski definition) is 2. The van der Waals surface area contributed by atoms with Crippen molar-refractivity contribution in [2.75, 3.05) is 26.2 Å². The van der Waals surface area contributed by atoms with E-state index in [-0.39, 0.29) is 5.91 Å². The third kappa shape index (κ3) is 7.70. The molecule has 0 aromatic rings. The topological polar surface area (TPSA) is 56.7 Å². The molecule has 2 N–H and O–H groups in total. The van der Waals surface area contributed by atoms with E-state index in [9.17, 15) is 4.79 Å². The molecule has 1 atom stereocenters. The van der Waals surface area contributed by atoms with Gasteiger partial charge in [0.1, 0.15) is 0 Å². The first-order chi connectivity index (χ1) is 9.08. The van der Waals surface area contributed by atoms with Crippen molar-refractivity contribution >= 4 is 11.9 Å². The van der Waals surface area contributed by atoms with E-state index in [0.717, 1.165) is 32.0 Å². The normalized spacial score (nSPS) is 13.0. The van der Waals surface area contributed by atoms with Crippen LogP contribution >= 0.6 is 0 Å². The molecule has 0 bridgehead atoms. The maximum absolute atomic E-state index is 11.8. The average molecular weight is 270 g/mol. The predicted octanol–water partition coefficient (Wildman–Crippen LogP) is 1.60. The molecule has 0 aliphatic carbocycles. The monoisotopic (exact) mass is 270 g/mol. The van der Waals surface area contributed by atoms with Crippen LogP contribution in [0.3, 0.4) is 0 Å². The molecule has 0 aliphatic rings. The molecule has 19 heavy (non-hydrogen) atoms. The van der Waals surface area contributed by atoms with Gasteiger partial charge in [0.2, 0.25) is 5.91 Å². The summed E-state index contributed by atoms with van der Waals surface area (Å²) in [5.74, 6) is 0.970. The summed E-state index contributed by atoms with van der Waals surface area (Å²) < 4.78 is 0. The van der Waals surface area contributed by atoms with Crippen LogP contribution in [0.2, 0.25) is 0 Å².